The highest BCUT2D eigenvalue weighted by atomic mass is 16.3. The molecule has 8 atom stereocenters. The Bertz CT molecular complexity index is 1260. The van der Waals surface area contributed by atoms with Gasteiger partial charge in [-0.25, -0.2) is 0 Å². The molecular weight excluding hydrogens is 1010 g/mol. The van der Waals surface area contributed by atoms with Crippen LogP contribution >= 0.6 is 0 Å². The maximum atomic E-state index is 8.69. The lowest BCUT2D eigenvalue weighted by atomic mass is 9.76. The van der Waals surface area contributed by atoms with E-state index in [1.807, 2.05) is 0 Å². The average Bonchev–Trinajstić information content (AvgIpc) is 4.45. The zero-order valence-corrected chi connectivity index (χ0v) is 54.3. The largest absolute Gasteiger partial charge is 0.396 e. The summed E-state index contributed by atoms with van der Waals surface area (Å²) in [5.41, 5.74) is 0. The minimum atomic E-state index is 0.374. The molecule has 0 radical (unpaired) electrons. The van der Waals surface area contributed by atoms with Crippen LogP contribution in [0.25, 0.3) is 0 Å². The molecule has 0 spiro atoms. The Labute approximate surface area is 508 Å². The van der Waals surface area contributed by atoms with E-state index in [-0.39, 0.29) is 0 Å². The van der Waals surface area contributed by atoms with E-state index in [1.54, 1.807) is 0 Å². The lowest BCUT2D eigenvalue weighted by Crippen LogP contribution is -2.61. The molecule has 0 amide bonds. The first-order chi connectivity index (χ1) is 40.6. The van der Waals surface area contributed by atoms with Crippen molar-refractivity contribution in [2.75, 3.05) is 13.2 Å². The first-order valence-corrected chi connectivity index (χ1v) is 37.9. The summed E-state index contributed by atoms with van der Waals surface area (Å²) in [5.74, 6) is 5.97. The van der Waals surface area contributed by atoms with Crippen LogP contribution in [0.2, 0.25) is 0 Å². The summed E-state index contributed by atoms with van der Waals surface area (Å²) in [5, 5.41) is 51.2. The van der Waals surface area contributed by atoms with Crippen molar-refractivity contribution in [3.05, 3.63) is 0 Å². The maximum absolute atomic E-state index is 8.69. The van der Waals surface area contributed by atoms with Gasteiger partial charge in [-0.1, -0.05) is 284 Å². The third kappa shape index (κ3) is 23.8. The van der Waals surface area contributed by atoms with Crippen molar-refractivity contribution in [1.29, 1.82) is 0 Å². The smallest absolute Gasteiger partial charge is 0.0628 e. The molecule has 480 valence electrons. The van der Waals surface area contributed by atoms with Crippen LogP contribution in [0.15, 0.2) is 0 Å². The average molecular weight is 1150 g/mol. The van der Waals surface area contributed by atoms with Gasteiger partial charge in [-0.15, -0.1) is 0 Å². The van der Waals surface area contributed by atoms with Crippen molar-refractivity contribution in [1.82, 2.24) is 42.5 Å². The maximum Gasteiger partial charge on any atom is 0.0628 e. The van der Waals surface area contributed by atoms with Crippen LogP contribution in [0.4, 0.5) is 0 Å². The molecule has 0 aromatic carbocycles. The van der Waals surface area contributed by atoms with Crippen molar-refractivity contribution >= 4 is 0 Å². The highest BCUT2D eigenvalue weighted by molar-refractivity contribution is 5.08. The zero-order chi connectivity index (χ0) is 57.1. The fourth-order valence-corrected chi connectivity index (χ4v) is 18.0. The van der Waals surface area contributed by atoms with E-state index in [4.69, 9.17) is 10.2 Å². The number of fused-ring (bicyclic) bond motifs is 20. The van der Waals surface area contributed by atoms with Gasteiger partial charge in [-0.05, 0) is 112 Å². The summed E-state index contributed by atoms with van der Waals surface area (Å²) in [6, 6.07) is 0. The van der Waals surface area contributed by atoms with Crippen LogP contribution in [-0.4, -0.2) is 72.8 Å². The summed E-state index contributed by atoms with van der Waals surface area (Å²) in [4.78, 5) is 0. The van der Waals surface area contributed by atoms with Crippen molar-refractivity contribution in [2.45, 2.75) is 397 Å². The Balaban J connectivity index is 0.000000198. The Morgan fingerprint density at radius 3 is 0.439 bits per heavy atom. The van der Waals surface area contributed by atoms with Crippen LogP contribution in [0.5, 0.6) is 0 Å². The minimum absolute atomic E-state index is 0.374. The van der Waals surface area contributed by atoms with Crippen LogP contribution in [-0.2, 0) is 0 Å². The van der Waals surface area contributed by atoms with Gasteiger partial charge >= 0.3 is 0 Å². The van der Waals surface area contributed by atoms with E-state index < -0.39 is 0 Å². The van der Waals surface area contributed by atoms with Gasteiger partial charge in [0.25, 0.3) is 0 Å². The molecular formula is C72H140N8O2. The predicted octanol–water partition coefficient (Wildman–Crippen LogP) is 16.6. The number of aliphatic hydroxyl groups is 2. The molecule has 10 nitrogen and oxygen atoms in total. The molecule has 5 heterocycles. The Morgan fingerprint density at radius 1 is 0.195 bits per heavy atom. The number of rotatable bonds is 36. The van der Waals surface area contributed by atoms with Gasteiger partial charge < -0.3 is 10.2 Å². The third-order valence-electron chi connectivity index (χ3n) is 22.8. The molecule has 82 heavy (non-hydrogen) atoms. The third-order valence-corrected chi connectivity index (χ3v) is 22.8. The highest BCUT2D eigenvalue weighted by Crippen LogP contribution is 2.46. The molecule has 4 saturated carbocycles. The summed E-state index contributed by atoms with van der Waals surface area (Å²) < 4.78 is 0. The summed E-state index contributed by atoms with van der Waals surface area (Å²) >= 11 is 0. The van der Waals surface area contributed by atoms with E-state index in [1.165, 1.54) is 321 Å². The SMILES string of the molecule is C1CCC2C3NC(NC4NC(NC5NC(NC6NC(N3)C3CCCCC63)C3CCCCC53)C3CCCCC43)C2C1.CCCCCCCCCCCCCCCCCCCCO.CCCCCCCCCCCCCCCCCCCCO. The summed E-state index contributed by atoms with van der Waals surface area (Å²) in [6.45, 7) is 5.33. The van der Waals surface area contributed by atoms with Crippen LogP contribution < -0.4 is 42.5 Å². The predicted molar refractivity (Wildman–Crippen MR) is 349 cm³/mol. The Morgan fingerprint density at radius 2 is 0.317 bits per heavy atom. The standard InChI is InChI=1S/C32H56N8.2C20H42O/c1-2-10-18-17(9-1)25-33-26(18)38-28-21-13-5-6-14-22(21)30(35-28)40-32-24-16-8-7-15-23(24)31(36-32)39-29-20-12-4-3-11-19(20)27(34-29)37-25;2*1-2-3-4-5-6-7-8-9-10-11-12-13-14-15-16-17-18-19-20-21/h17-40H,1-16H2;2*21H,2-20H2,1H3. The van der Waals surface area contributed by atoms with Crippen LogP contribution in [0, 0.1) is 47.3 Å². The van der Waals surface area contributed by atoms with E-state index in [9.17, 15) is 0 Å². The number of hydrogen-bond donors (Lipinski definition) is 10. The number of unbranched alkanes of at least 4 members (excludes halogenated alkanes) is 34. The van der Waals surface area contributed by atoms with Crippen molar-refractivity contribution < 1.29 is 10.2 Å². The van der Waals surface area contributed by atoms with E-state index in [0.717, 1.165) is 60.2 Å². The molecule has 9 rings (SSSR count). The molecule has 5 saturated heterocycles. The normalized spacial score (nSPS) is 33.8. The zero-order valence-electron chi connectivity index (χ0n) is 54.3. The van der Waals surface area contributed by atoms with Gasteiger partial charge in [0.2, 0.25) is 0 Å². The van der Waals surface area contributed by atoms with Gasteiger partial charge in [-0.3, -0.25) is 42.5 Å². The van der Waals surface area contributed by atoms with Gasteiger partial charge in [-0.2, -0.15) is 0 Å². The number of nitrogens with one attached hydrogen (secondary N) is 8. The molecule has 10 N–H and O–H groups in total. The molecule has 9 fully saturated rings. The molecule has 0 aromatic heterocycles. The second kappa shape index (κ2) is 42.5. The fourth-order valence-electron chi connectivity index (χ4n) is 18.0. The molecule has 8 bridgehead atoms. The second-order valence-corrected chi connectivity index (χ2v) is 29.1. The Hall–Kier alpha value is -0.400. The number of hydrogen-bond acceptors (Lipinski definition) is 10. The first kappa shape index (κ1) is 69.1. The van der Waals surface area contributed by atoms with E-state index >= 15 is 0 Å². The van der Waals surface area contributed by atoms with E-state index in [0.29, 0.717) is 62.5 Å². The second-order valence-electron chi connectivity index (χ2n) is 29.1. The molecule has 10 heteroatoms. The topological polar surface area (TPSA) is 137 Å². The van der Waals surface area contributed by atoms with Gasteiger partial charge in [0, 0.05) is 13.2 Å². The Kier molecular flexibility index (Phi) is 35.8. The van der Waals surface area contributed by atoms with E-state index in [2.05, 4.69) is 56.4 Å². The first-order valence-electron chi connectivity index (χ1n) is 37.9. The molecule has 0 aromatic rings. The van der Waals surface area contributed by atoms with Crippen LogP contribution in [0.3, 0.4) is 0 Å². The summed E-state index contributed by atoms with van der Waals surface area (Å²) in [6.07, 6.45) is 75.9. The van der Waals surface area contributed by atoms with Gasteiger partial charge in [0.1, 0.15) is 0 Å². The van der Waals surface area contributed by atoms with Gasteiger partial charge in [0.05, 0.1) is 49.3 Å². The lowest BCUT2D eigenvalue weighted by Gasteiger charge is -2.35. The molecule has 4 aliphatic carbocycles. The van der Waals surface area contributed by atoms with Crippen molar-refractivity contribution in [3.63, 3.8) is 0 Å². The lowest BCUT2D eigenvalue weighted by molar-refractivity contribution is 0.167. The number of aliphatic hydroxyl groups excluding tert-OH is 2. The van der Waals surface area contributed by atoms with Crippen molar-refractivity contribution in [2.24, 2.45) is 47.3 Å². The molecule has 5 aliphatic heterocycles. The van der Waals surface area contributed by atoms with Crippen molar-refractivity contribution in [3.8, 4) is 0 Å². The monoisotopic (exact) mass is 1150 g/mol. The quantitative estimate of drug-likeness (QED) is 0.0276. The molecule has 9 aliphatic rings. The van der Waals surface area contributed by atoms with Crippen LogP contribution in [0.1, 0.15) is 348 Å². The van der Waals surface area contributed by atoms with Gasteiger partial charge in [0.15, 0.2) is 0 Å². The fraction of sp³-hybridized carbons (Fsp3) is 1.00. The highest BCUT2D eigenvalue weighted by Gasteiger charge is 2.54. The molecule has 8 unspecified atom stereocenters. The minimum Gasteiger partial charge on any atom is -0.396 e. The summed E-state index contributed by atoms with van der Waals surface area (Å²) in [7, 11) is 0.